The Morgan fingerprint density at radius 1 is 1.50 bits per heavy atom. The molecule has 20 heavy (non-hydrogen) atoms. The largest absolute Gasteiger partial charge is 0.345 e. The fraction of sp³-hybridized carbons (Fsp3) is 0.308. The maximum absolute atomic E-state index is 5.95. The van der Waals surface area contributed by atoms with Crippen molar-refractivity contribution in [3.8, 4) is 11.4 Å². The minimum absolute atomic E-state index is 0.515. The van der Waals surface area contributed by atoms with Crippen LogP contribution in [0.25, 0.3) is 11.4 Å². The van der Waals surface area contributed by atoms with E-state index in [2.05, 4.69) is 15.1 Å². The molecule has 0 amide bonds. The molecule has 2 rings (SSSR count). The Balaban J connectivity index is 2.13. The lowest BCUT2D eigenvalue weighted by Crippen LogP contribution is -2.23. The van der Waals surface area contributed by atoms with Crippen molar-refractivity contribution >= 4 is 28.5 Å². The number of nitrogens with zero attached hydrogens (tertiary/aromatic N) is 4. The summed E-state index contributed by atoms with van der Waals surface area (Å²) in [6.07, 6.45) is 1.98. The van der Waals surface area contributed by atoms with Gasteiger partial charge >= 0.3 is 0 Å². The first kappa shape index (κ1) is 14.9. The number of amidine groups is 1. The summed E-state index contributed by atoms with van der Waals surface area (Å²) in [6.45, 7) is 0.515. The Bertz CT molecular complexity index is 614. The molecule has 0 saturated carbocycles. The third-order valence-corrected chi connectivity index (χ3v) is 3.72. The number of hydrogen-bond acceptors (Lipinski definition) is 5. The van der Waals surface area contributed by atoms with Crippen LogP contribution in [-0.4, -0.2) is 40.6 Å². The molecule has 106 valence electrons. The zero-order valence-electron chi connectivity index (χ0n) is 11.5. The molecule has 1 aromatic heterocycles. The Kier molecular flexibility index (Phi) is 5.03. The van der Waals surface area contributed by atoms with E-state index in [4.69, 9.17) is 16.1 Å². The van der Waals surface area contributed by atoms with Crippen LogP contribution in [0.1, 0.15) is 5.89 Å². The highest BCUT2D eigenvalue weighted by molar-refractivity contribution is 8.13. The van der Waals surface area contributed by atoms with E-state index in [-0.39, 0.29) is 0 Å². The van der Waals surface area contributed by atoms with Crippen LogP contribution in [0.2, 0.25) is 5.02 Å². The van der Waals surface area contributed by atoms with Crippen LogP contribution in [0.4, 0.5) is 0 Å². The molecule has 0 unspecified atom stereocenters. The van der Waals surface area contributed by atoms with Crippen molar-refractivity contribution in [2.45, 2.75) is 6.54 Å². The highest BCUT2D eigenvalue weighted by Crippen LogP contribution is 2.20. The Labute approximate surface area is 127 Å². The summed E-state index contributed by atoms with van der Waals surface area (Å²) in [5.41, 5.74) is 0.837. The maximum Gasteiger partial charge on any atom is 0.246 e. The van der Waals surface area contributed by atoms with E-state index in [0.717, 1.165) is 10.7 Å². The fourth-order valence-corrected chi connectivity index (χ4v) is 2.50. The molecule has 0 spiro atoms. The average molecular weight is 311 g/mol. The van der Waals surface area contributed by atoms with E-state index < -0.39 is 0 Å². The van der Waals surface area contributed by atoms with Gasteiger partial charge in [0.25, 0.3) is 0 Å². The molecule has 0 aliphatic rings. The monoisotopic (exact) mass is 310 g/mol. The van der Waals surface area contributed by atoms with E-state index in [1.807, 2.05) is 36.4 Å². The molecule has 2 aromatic rings. The number of benzene rings is 1. The van der Waals surface area contributed by atoms with E-state index in [9.17, 15) is 0 Å². The van der Waals surface area contributed by atoms with Gasteiger partial charge in [0.1, 0.15) is 0 Å². The van der Waals surface area contributed by atoms with Crippen LogP contribution in [0, 0.1) is 0 Å². The van der Waals surface area contributed by atoms with Crippen LogP contribution >= 0.6 is 23.4 Å². The summed E-state index contributed by atoms with van der Waals surface area (Å²) in [7, 11) is 3.69. The van der Waals surface area contributed by atoms with Crippen LogP contribution in [-0.2, 0) is 6.54 Å². The summed E-state index contributed by atoms with van der Waals surface area (Å²) >= 11 is 7.52. The zero-order valence-corrected chi connectivity index (χ0v) is 13.1. The number of halogens is 1. The smallest absolute Gasteiger partial charge is 0.246 e. The van der Waals surface area contributed by atoms with E-state index in [1.165, 1.54) is 0 Å². The molecule has 0 radical (unpaired) electrons. The van der Waals surface area contributed by atoms with Crippen LogP contribution in [0.5, 0.6) is 0 Å². The summed E-state index contributed by atoms with van der Waals surface area (Å²) < 4.78 is 5.26. The topological polar surface area (TPSA) is 54.5 Å². The molecule has 0 atom stereocenters. The molecule has 0 fully saturated rings. The fourth-order valence-electron chi connectivity index (χ4n) is 1.75. The van der Waals surface area contributed by atoms with Crippen molar-refractivity contribution in [3.63, 3.8) is 0 Å². The van der Waals surface area contributed by atoms with E-state index >= 15 is 0 Å². The Hall–Kier alpha value is -1.53. The van der Waals surface area contributed by atoms with Gasteiger partial charge in [-0.1, -0.05) is 40.7 Å². The molecule has 5 nitrogen and oxygen atoms in total. The molecule has 0 aliphatic carbocycles. The highest BCUT2D eigenvalue weighted by atomic mass is 35.5. The summed E-state index contributed by atoms with van der Waals surface area (Å²) in [4.78, 5) is 10.5. The quantitative estimate of drug-likeness (QED) is 0.644. The Morgan fingerprint density at radius 3 is 2.95 bits per heavy atom. The molecule has 0 bridgehead atoms. The van der Waals surface area contributed by atoms with Gasteiger partial charge in [-0.2, -0.15) is 4.98 Å². The lowest BCUT2D eigenvalue weighted by Gasteiger charge is -2.16. The first-order valence-corrected chi connectivity index (χ1v) is 7.54. The van der Waals surface area contributed by atoms with E-state index in [1.54, 1.807) is 24.9 Å². The predicted octanol–water partition coefficient (Wildman–Crippen LogP) is 3.17. The van der Waals surface area contributed by atoms with Crippen LogP contribution < -0.4 is 0 Å². The standard InChI is InChI=1S/C13H15ClN4OS/c1-15-13(20-3)18(2)8-11-16-12(17-19-11)9-5-4-6-10(14)7-9/h4-7H,8H2,1-3H3. The summed E-state index contributed by atoms with van der Waals surface area (Å²) in [5.74, 6) is 1.08. The maximum atomic E-state index is 5.95. The lowest BCUT2D eigenvalue weighted by atomic mass is 10.2. The van der Waals surface area contributed by atoms with Crippen molar-refractivity contribution < 1.29 is 4.52 Å². The number of hydrogen-bond donors (Lipinski definition) is 0. The number of rotatable bonds is 3. The van der Waals surface area contributed by atoms with Gasteiger partial charge in [-0.25, -0.2) is 0 Å². The van der Waals surface area contributed by atoms with Crippen molar-refractivity contribution in [2.75, 3.05) is 20.4 Å². The molecule has 0 aliphatic heterocycles. The van der Waals surface area contributed by atoms with E-state index in [0.29, 0.717) is 23.3 Å². The molecule has 0 N–H and O–H groups in total. The highest BCUT2D eigenvalue weighted by Gasteiger charge is 2.12. The molecule has 1 aromatic carbocycles. The third-order valence-electron chi connectivity index (χ3n) is 2.62. The molecule has 1 heterocycles. The van der Waals surface area contributed by atoms with Crippen molar-refractivity contribution in [1.82, 2.24) is 15.0 Å². The second-order valence-electron chi connectivity index (χ2n) is 4.09. The molecular weight excluding hydrogens is 296 g/mol. The third kappa shape index (κ3) is 3.52. The molecule has 0 saturated heterocycles. The minimum atomic E-state index is 0.515. The second kappa shape index (κ2) is 6.76. The lowest BCUT2D eigenvalue weighted by molar-refractivity contribution is 0.337. The van der Waals surface area contributed by atoms with Crippen molar-refractivity contribution in [2.24, 2.45) is 4.99 Å². The summed E-state index contributed by atoms with van der Waals surface area (Å²) in [5, 5.41) is 5.53. The van der Waals surface area contributed by atoms with Gasteiger partial charge in [-0.05, 0) is 18.4 Å². The SMILES string of the molecule is CN=C(SC)N(C)Cc1nc(-c2cccc(Cl)c2)no1. The predicted molar refractivity (Wildman–Crippen MR) is 83.1 cm³/mol. The number of aromatic nitrogens is 2. The first-order chi connectivity index (χ1) is 9.63. The molecular formula is C13H15ClN4OS. The average Bonchev–Trinajstić information content (AvgIpc) is 2.88. The molecule has 7 heteroatoms. The van der Waals surface area contributed by atoms with Gasteiger partial charge in [0.2, 0.25) is 11.7 Å². The van der Waals surface area contributed by atoms with Crippen molar-refractivity contribution in [3.05, 3.63) is 35.2 Å². The van der Waals surface area contributed by atoms with Crippen LogP contribution in [0.3, 0.4) is 0 Å². The van der Waals surface area contributed by atoms with Gasteiger partial charge in [0, 0.05) is 24.7 Å². The van der Waals surface area contributed by atoms with Gasteiger partial charge < -0.3 is 9.42 Å². The minimum Gasteiger partial charge on any atom is -0.345 e. The number of aliphatic imine (C=N–C) groups is 1. The van der Waals surface area contributed by atoms with Gasteiger partial charge in [0.15, 0.2) is 5.17 Å². The van der Waals surface area contributed by atoms with Gasteiger partial charge in [0.05, 0.1) is 6.54 Å². The zero-order chi connectivity index (χ0) is 14.5. The second-order valence-corrected chi connectivity index (χ2v) is 5.30. The first-order valence-electron chi connectivity index (χ1n) is 5.94. The van der Waals surface area contributed by atoms with Gasteiger partial charge in [-0.3, -0.25) is 4.99 Å². The van der Waals surface area contributed by atoms with Crippen molar-refractivity contribution in [1.29, 1.82) is 0 Å². The van der Waals surface area contributed by atoms with Crippen LogP contribution in [0.15, 0.2) is 33.8 Å². The van der Waals surface area contributed by atoms with Gasteiger partial charge in [-0.15, -0.1) is 0 Å². The normalized spacial score (nSPS) is 11.7. The Morgan fingerprint density at radius 2 is 2.30 bits per heavy atom. The number of thioether (sulfide) groups is 1. The summed E-state index contributed by atoms with van der Waals surface area (Å²) in [6, 6.07) is 7.36.